The van der Waals surface area contributed by atoms with Gasteiger partial charge < -0.3 is 10.1 Å². The Hall–Kier alpha value is -0.830. The highest BCUT2D eigenvalue weighted by molar-refractivity contribution is 4.87. The first-order valence-corrected chi connectivity index (χ1v) is 2.95. The average Bonchev–Trinajstić information content (AvgIpc) is 2.15. The summed E-state index contributed by atoms with van der Waals surface area (Å²) < 4.78 is 0. The van der Waals surface area contributed by atoms with E-state index < -0.39 is 0 Å². The Labute approximate surface area is 53.7 Å². The topological polar surface area (TPSA) is 48.9 Å². The van der Waals surface area contributed by atoms with Gasteiger partial charge in [-0.25, -0.2) is 4.98 Å². The van der Waals surface area contributed by atoms with Gasteiger partial charge in [-0.1, -0.05) is 0 Å². The van der Waals surface area contributed by atoms with Crippen LogP contribution in [0.15, 0.2) is 12.4 Å². The molecule has 0 saturated heterocycles. The number of aromatic amines is 1. The quantitative estimate of drug-likeness (QED) is 0.600. The van der Waals surface area contributed by atoms with E-state index in [4.69, 9.17) is 5.11 Å². The fraction of sp³-hybridized carbons (Fsp3) is 0.500. The van der Waals surface area contributed by atoms with Crippen LogP contribution in [0.2, 0.25) is 0 Å². The van der Waals surface area contributed by atoms with Gasteiger partial charge in [0.05, 0.1) is 6.10 Å². The molecular weight excluding hydrogens is 116 g/mol. The lowest BCUT2D eigenvalue weighted by Gasteiger charge is -1.97. The Balaban J connectivity index is 2.48. The maximum atomic E-state index is 8.86. The SMILES string of the molecule is C[C@@H](O)Cc1ncc[nH]1. The predicted molar refractivity (Wildman–Crippen MR) is 34.0 cm³/mol. The summed E-state index contributed by atoms with van der Waals surface area (Å²) in [4.78, 5) is 6.84. The summed E-state index contributed by atoms with van der Waals surface area (Å²) in [5, 5.41) is 8.86. The van der Waals surface area contributed by atoms with Crippen molar-refractivity contribution < 1.29 is 5.11 Å². The van der Waals surface area contributed by atoms with Gasteiger partial charge in [0.1, 0.15) is 5.82 Å². The van der Waals surface area contributed by atoms with Crippen LogP contribution >= 0.6 is 0 Å². The molecule has 3 heteroatoms. The van der Waals surface area contributed by atoms with Gasteiger partial charge in [-0.05, 0) is 6.92 Å². The Morgan fingerprint density at radius 1 is 1.89 bits per heavy atom. The van der Waals surface area contributed by atoms with Crippen LogP contribution < -0.4 is 0 Å². The van der Waals surface area contributed by atoms with Crippen molar-refractivity contribution in [2.45, 2.75) is 19.4 Å². The second kappa shape index (κ2) is 2.64. The highest BCUT2D eigenvalue weighted by Gasteiger charge is 1.98. The first kappa shape index (κ1) is 6.29. The monoisotopic (exact) mass is 126 g/mol. The fourth-order valence-electron chi connectivity index (χ4n) is 0.689. The zero-order chi connectivity index (χ0) is 6.69. The zero-order valence-corrected chi connectivity index (χ0v) is 5.33. The lowest BCUT2D eigenvalue weighted by atomic mass is 10.3. The molecule has 1 aromatic heterocycles. The van der Waals surface area contributed by atoms with Crippen molar-refractivity contribution >= 4 is 0 Å². The number of aromatic nitrogens is 2. The predicted octanol–water partition coefficient (Wildman–Crippen LogP) is 0.333. The van der Waals surface area contributed by atoms with Crippen LogP contribution in [-0.2, 0) is 6.42 Å². The van der Waals surface area contributed by atoms with E-state index in [0.717, 1.165) is 5.82 Å². The van der Waals surface area contributed by atoms with Crippen molar-refractivity contribution in [1.29, 1.82) is 0 Å². The molecule has 50 valence electrons. The first-order valence-electron chi connectivity index (χ1n) is 2.95. The Morgan fingerprint density at radius 2 is 2.67 bits per heavy atom. The van der Waals surface area contributed by atoms with Gasteiger partial charge in [0.15, 0.2) is 0 Å². The smallest absolute Gasteiger partial charge is 0.108 e. The molecule has 0 aliphatic heterocycles. The van der Waals surface area contributed by atoms with Crippen molar-refractivity contribution in [3.8, 4) is 0 Å². The molecule has 0 aliphatic rings. The Morgan fingerprint density at radius 3 is 3.11 bits per heavy atom. The van der Waals surface area contributed by atoms with E-state index in [0.29, 0.717) is 6.42 Å². The Kier molecular flexibility index (Phi) is 1.85. The molecule has 0 aromatic carbocycles. The standard InChI is InChI=1S/C6H10N2O/c1-5(9)4-6-7-2-3-8-6/h2-3,5,9H,4H2,1H3,(H,7,8)/t5-/m1/s1. The lowest BCUT2D eigenvalue weighted by molar-refractivity contribution is 0.193. The van der Waals surface area contributed by atoms with Gasteiger partial charge >= 0.3 is 0 Å². The zero-order valence-electron chi connectivity index (χ0n) is 5.33. The number of imidazole rings is 1. The molecule has 0 spiro atoms. The van der Waals surface area contributed by atoms with Crippen LogP contribution in [0.5, 0.6) is 0 Å². The molecule has 2 N–H and O–H groups in total. The number of aliphatic hydroxyl groups excluding tert-OH is 1. The fourth-order valence-corrected chi connectivity index (χ4v) is 0.689. The molecule has 0 unspecified atom stereocenters. The Bertz CT molecular complexity index is 158. The number of hydrogen-bond acceptors (Lipinski definition) is 2. The van der Waals surface area contributed by atoms with E-state index in [1.54, 1.807) is 19.3 Å². The van der Waals surface area contributed by atoms with E-state index in [9.17, 15) is 0 Å². The molecule has 0 radical (unpaired) electrons. The first-order chi connectivity index (χ1) is 4.29. The second-order valence-electron chi connectivity index (χ2n) is 2.09. The van der Waals surface area contributed by atoms with Gasteiger partial charge in [0.25, 0.3) is 0 Å². The summed E-state index contributed by atoms with van der Waals surface area (Å²) in [7, 11) is 0. The van der Waals surface area contributed by atoms with Crippen LogP contribution in [0.1, 0.15) is 12.7 Å². The van der Waals surface area contributed by atoms with Crippen molar-refractivity contribution in [3.05, 3.63) is 18.2 Å². The van der Waals surface area contributed by atoms with Gasteiger partial charge in [0, 0.05) is 18.8 Å². The highest BCUT2D eigenvalue weighted by Crippen LogP contribution is 1.93. The van der Waals surface area contributed by atoms with Crippen LogP contribution in [0.3, 0.4) is 0 Å². The minimum Gasteiger partial charge on any atom is -0.393 e. The largest absolute Gasteiger partial charge is 0.393 e. The van der Waals surface area contributed by atoms with Crippen molar-refractivity contribution in [3.63, 3.8) is 0 Å². The summed E-state index contributed by atoms with van der Waals surface area (Å²) in [6, 6.07) is 0. The molecule has 1 heterocycles. The summed E-state index contributed by atoms with van der Waals surface area (Å²) >= 11 is 0. The number of rotatable bonds is 2. The molecule has 0 amide bonds. The molecule has 0 fully saturated rings. The molecule has 0 saturated carbocycles. The lowest BCUT2D eigenvalue weighted by Crippen LogP contribution is -2.05. The molecule has 9 heavy (non-hydrogen) atoms. The molecule has 0 bridgehead atoms. The van der Waals surface area contributed by atoms with Crippen LogP contribution in [0, 0.1) is 0 Å². The molecule has 3 nitrogen and oxygen atoms in total. The summed E-state index contributed by atoms with van der Waals surface area (Å²) in [5.74, 6) is 0.838. The number of hydrogen-bond donors (Lipinski definition) is 2. The van der Waals surface area contributed by atoms with E-state index in [2.05, 4.69) is 9.97 Å². The molecule has 1 aromatic rings. The highest BCUT2D eigenvalue weighted by atomic mass is 16.3. The number of H-pyrrole nitrogens is 1. The van der Waals surface area contributed by atoms with E-state index in [-0.39, 0.29) is 6.10 Å². The molecule has 1 rings (SSSR count). The van der Waals surface area contributed by atoms with E-state index in [1.807, 2.05) is 0 Å². The third-order valence-electron chi connectivity index (χ3n) is 1.04. The van der Waals surface area contributed by atoms with Gasteiger partial charge in [-0.2, -0.15) is 0 Å². The number of nitrogens with zero attached hydrogens (tertiary/aromatic N) is 1. The summed E-state index contributed by atoms with van der Waals surface area (Å²) in [6.45, 7) is 1.74. The molecule has 1 atom stereocenters. The van der Waals surface area contributed by atoms with Crippen LogP contribution in [0.25, 0.3) is 0 Å². The molecule has 0 aliphatic carbocycles. The number of nitrogens with one attached hydrogen (secondary N) is 1. The van der Waals surface area contributed by atoms with Crippen molar-refractivity contribution in [2.75, 3.05) is 0 Å². The number of aliphatic hydroxyl groups is 1. The van der Waals surface area contributed by atoms with Crippen molar-refractivity contribution in [2.24, 2.45) is 0 Å². The third kappa shape index (κ3) is 1.85. The average molecular weight is 126 g/mol. The summed E-state index contributed by atoms with van der Waals surface area (Å²) in [6.07, 6.45) is 3.72. The maximum absolute atomic E-state index is 8.86. The minimum absolute atomic E-state index is 0.309. The minimum atomic E-state index is -0.309. The third-order valence-corrected chi connectivity index (χ3v) is 1.04. The van der Waals surface area contributed by atoms with Gasteiger partial charge in [-0.3, -0.25) is 0 Å². The van der Waals surface area contributed by atoms with Crippen molar-refractivity contribution in [1.82, 2.24) is 9.97 Å². The van der Waals surface area contributed by atoms with Gasteiger partial charge in [-0.15, -0.1) is 0 Å². The normalized spacial score (nSPS) is 13.6. The van der Waals surface area contributed by atoms with E-state index >= 15 is 0 Å². The summed E-state index contributed by atoms with van der Waals surface area (Å²) in [5.41, 5.74) is 0. The van der Waals surface area contributed by atoms with Gasteiger partial charge in [0.2, 0.25) is 0 Å². The van der Waals surface area contributed by atoms with E-state index in [1.165, 1.54) is 0 Å². The maximum Gasteiger partial charge on any atom is 0.108 e. The second-order valence-corrected chi connectivity index (χ2v) is 2.09. The van der Waals surface area contributed by atoms with Crippen LogP contribution in [0.4, 0.5) is 0 Å². The van der Waals surface area contributed by atoms with Crippen LogP contribution in [-0.4, -0.2) is 21.2 Å². The molecular formula is C6H10N2O.